The van der Waals surface area contributed by atoms with Gasteiger partial charge in [-0.05, 0) is 46.6 Å². The average Bonchev–Trinajstić information content (AvgIpc) is 2.92. The number of hydrogen-bond donors (Lipinski definition) is 1. The molecule has 0 aliphatic carbocycles. The van der Waals surface area contributed by atoms with Crippen LogP contribution in [0.2, 0.25) is 0 Å². The molecule has 2 aromatic heterocycles. The van der Waals surface area contributed by atoms with Gasteiger partial charge in [-0.1, -0.05) is 5.16 Å². The second-order valence-electron chi connectivity index (χ2n) is 5.27. The maximum Gasteiger partial charge on any atom is 0.245 e. The van der Waals surface area contributed by atoms with Gasteiger partial charge in [0.05, 0.1) is 5.69 Å². The average molecular weight is 326 g/mol. The fourth-order valence-electron chi connectivity index (χ4n) is 2.64. The van der Waals surface area contributed by atoms with Crippen molar-refractivity contribution in [3.8, 4) is 0 Å². The van der Waals surface area contributed by atoms with Gasteiger partial charge in [0.25, 0.3) is 0 Å². The zero-order valence-electron chi connectivity index (χ0n) is 13.6. The smallest absolute Gasteiger partial charge is 0.245 e. The Labute approximate surface area is 130 Å². The minimum Gasteiger partial charge on any atom is -0.360 e. The molecule has 22 heavy (non-hydrogen) atoms. The van der Waals surface area contributed by atoms with Gasteiger partial charge in [-0.2, -0.15) is 5.10 Å². The SMILES string of the molecule is CCn1nc(C)c(CCNS(=O)(=O)c2c(C)noc2C)c1C. The minimum atomic E-state index is -3.61. The molecule has 2 heterocycles. The third-order valence-corrected chi connectivity index (χ3v) is 5.44. The van der Waals surface area contributed by atoms with Crippen molar-refractivity contribution in [3.05, 3.63) is 28.4 Å². The molecule has 0 amide bonds. The molecule has 0 spiro atoms. The first-order chi connectivity index (χ1) is 10.3. The quantitative estimate of drug-likeness (QED) is 0.871. The van der Waals surface area contributed by atoms with E-state index in [4.69, 9.17) is 4.52 Å². The number of nitrogens with zero attached hydrogens (tertiary/aromatic N) is 3. The summed E-state index contributed by atoms with van der Waals surface area (Å²) in [5, 5.41) is 8.12. The number of aromatic nitrogens is 3. The summed E-state index contributed by atoms with van der Waals surface area (Å²) in [5.41, 5.74) is 3.48. The summed E-state index contributed by atoms with van der Waals surface area (Å²) in [4.78, 5) is 0.130. The first-order valence-corrected chi connectivity index (χ1v) is 8.71. The van der Waals surface area contributed by atoms with E-state index in [2.05, 4.69) is 15.0 Å². The summed E-state index contributed by atoms with van der Waals surface area (Å²) in [5.74, 6) is 0.302. The molecule has 8 heteroatoms. The normalized spacial score (nSPS) is 12.0. The van der Waals surface area contributed by atoms with Crippen LogP contribution in [0, 0.1) is 27.7 Å². The highest BCUT2D eigenvalue weighted by atomic mass is 32.2. The van der Waals surface area contributed by atoms with Crippen LogP contribution in [0.25, 0.3) is 0 Å². The first kappa shape index (κ1) is 16.7. The van der Waals surface area contributed by atoms with E-state index in [1.807, 2.05) is 25.5 Å². The third-order valence-electron chi connectivity index (χ3n) is 3.73. The molecule has 0 aromatic carbocycles. The minimum absolute atomic E-state index is 0.130. The lowest BCUT2D eigenvalue weighted by Gasteiger charge is -2.07. The van der Waals surface area contributed by atoms with E-state index in [0.717, 1.165) is 23.5 Å². The molecule has 0 bridgehead atoms. The Morgan fingerprint density at radius 2 is 1.86 bits per heavy atom. The van der Waals surface area contributed by atoms with Crippen LogP contribution in [0.3, 0.4) is 0 Å². The largest absolute Gasteiger partial charge is 0.360 e. The third kappa shape index (κ3) is 3.07. The van der Waals surface area contributed by atoms with E-state index in [9.17, 15) is 8.42 Å². The maximum absolute atomic E-state index is 12.3. The molecule has 0 aliphatic rings. The molecule has 2 rings (SSSR count). The monoisotopic (exact) mass is 326 g/mol. The zero-order chi connectivity index (χ0) is 16.5. The fourth-order valence-corrected chi connectivity index (χ4v) is 4.00. The van der Waals surface area contributed by atoms with Gasteiger partial charge in [0.2, 0.25) is 10.0 Å². The van der Waals surface area contributed by atoms with Gasteiger partial charge in [0.1, 0.15) is 10.6 Å². The molecule has 1 N–H and O–H groups in total. The Kier molecular flexibility index (Phi) is 4.72. The van der Waals surface area contributed by atoms with Crippen LogP contribution in [0.5, 0.6) is 0 Å². The Morgan fingerprint density at radius 3 is 2.36 bits per heavy atom. The first-order valence-electron chi connectivity index (χ1n) is 7.23. The fraction of sp³-hybridized carbons (Fsp3) is 0.571. The van der Waals surface area contributed by atoms with Gasteiger partial charge in [-0.3, -0.25) is 4.68 Å². The number of aryl methyl sites for hydroxylation is 4. The number of nitrogens with one attached hydrogen (secondary N) is 1. The summed E-state index contributed by atoms with van der Waals surface area (Å²) in [7, 11) is -3.61. The van der Waals surface area contributed by atoms with Crippen molar-refractivity contribution in [2.45, 2.75) is 52.5 Å². The van der Waals surface area contributed by atoms with E-state index >= 15 is 0 Å². The zero-order valence-corrected chi connectivity index (χ0v) is 14.4. The topological polar surface area (TPSA) is 90.0 Å². The predicted molar refractivity (Wildman–Crippen MR) is 82.2 cm³/mol. The van der Waals surface area contributed by atoms with Crippen molar-refractivity contribution in [2.75, 3.05) is 6.54 Å². The lowest BCUT2D eigenvalue weighted by atomic mass is 10.1. The lowest BCUT2D eigenvalue weighted by molar-refractivity contribution is 0.390. The van der Waals surface area contributed by atoms with Crippen molar-refractivity contribution in [1.29, 1.82) is 0 Å². The molecule has 7 nitrogen and oxygen atoms in total. The second-order valence-corrected chi connectivity index (χ2v) is 6.97. The highest BCUT2D eigenvalue weighted by Gasteiger charge is 2.23. The highest BCUT2D eigenvalue weighted by Crippen LogP contribution is 2.19. The Balaban J connectivity index is 2.10. The molecule has 2 aromatic rings. The van der Waals surface area contributed by atoms with Crippen LogP contribution in [-0.4, -0.2) is 29.9 Å². The number of sulfonamides is 1. The van der Waals surface area contributed by atoms with Crippen molar-refractivity contribution in [2.24, 2.45) is 0 Å². The van der Waals surface area contributed by atoms with Crippen LogP contribution in [0.1, 0.15) is 35.3 Å². The van der Waals surface area contributed by atoms with Crippen LogP contribution >= 0.6 is 0 Å². The van der Waals surface area contributed by atoms with Gasteiger partial charge in [0.15, 0.2) is 5.76 Å². The van der Waals surface area contributed by atoms with Crippen molar-refractivity contribution in [3.63, 3.8) is 0 Å². The van der Waals surface area contributed by atoms with Gasteiger partial charge in [0, 0.05) is 18.8 Å². The summed E-state index contributed by atoms with van der Waals surface area (Å²) in [6, 6.07) is 0. The van der Waals surface area contributed by atoms with Gasteiger partial charge < -0.3 is 4.52 Å². The van der Waals surface area contributed by atoms with Crippen molar-refractivity contribution < 1.29 is 12.9 Å². The Hall–Kier alpha value is -1.67. The lowest BCUT2D eigenvalue weighted by Crippen LogP contribution is -2.27. The Morgan fingerprint density at radius 1 is 1.18 bits per heavy atom. The van der Waals surface area contributed by atoms with Crippen LogP contribution < -0.4 is 4.72 Å². The maximum atomic E-state index is 12.3. The molecular formula is C14H22N4O3S. The van der Waals surface area contributed by atoms with E-state index < -0.39 is 10.0 Å². The van der Waals surface area contributed by atoms with Crippen LogP contribution in [0.15, 0.2) is 9.42 Å². The molecule has 0 saturated carbocycles. The van der Waals surface area contributed by atoms with E-state index in [-0.39, 0.29) is 4.90 Å². The number of rotatable bonds is 6. The van der Waals surface area contributed by atoms with Gasteiger partial charge in [-0.25, -0.2) is 13.1 Å². The van der Waals surface area contributed by atoms with Crippen LogP contribution in [-0.2, 0) is 23.0 Å². The van der Waals surface area contributed by atoms with Gasteiger partial charge in [-0.15, -0.1) is 0 Å². The molecule has 0 unspecified atom stereocenters. The van der Waals surface area contributed by atoms with Crippen LogP contribution in [0.4, 0.5) is 0 Å². The summed E-state index contributed by atoms with van der Waals surface area (Å²) >= 11 is 0. The molecule has 122 valence electrons. The predicted octanol–water partition coefficient (Wildman–Crippen LogP) is 1.65. The second kappa shape index (κ2) is 6.21. The molecular weight excluding hydrogens is 304 g/mol. The summed E-state index contributed by atoms with van der Waals surface area (Å²) < 4.78 is 34.1. The summed E-state index contributed by atoms with van der Waals surface area (Å²) in [6.07, 6.45) is 0.597. The van der Waals surface area contributed by atoms with E-state index in [1.165, 1.54) is 0 Å². The van der Waals surface area contributed by atoms with Gasteiger partial charge >= 0.3 is 0 Å². The van der Waals surface area contributed by atoms with Crippen molar-refractivity contribution >= 4 is 10.0 Å². The van der Waals surface area contributed by atoms with E-state index in [1.54, 1.807) is 13.8 Å². The molecule has 0 radical (unpaired) electrons. The Bertz CT molecular complexity index is 755. The molecule has 0 fully saturated rings. The molecule has 0 saturated heterocycles. The van der Waals surface area contributed by atoms with Crippen molar-refractivity contribution in [1.82, 2.24) is 19.7 Å². The molecule has 0 aliphatic heterocycles. The number of hydrogen-bond acceptors (Lipinski definition) is 5. The molecule has 0 atom stereocenters. The van der Waals surface area contributed by atoms with E-state index in [0.29, 0.717) is 24.4 Å². The standard InChI is InChI=1S/C14H22N4O3S/c1-6-18-11(4)13(9(2)16-18)7-8-15-22(19,20)14-10(3)17-21-12(14)5/h15H,6-8H2,1-5H3. The highest BCUT2D eigenvalue weighted by molar-refractivity contribution is 7.89. The summed E-state index contributed by atoms with van der Waals surface area (Å²) in [6.45, 7) is 10.3.